The highest BCUT2D eigenvalue weighted by Gasteiger charge is 2.24. The van der Waals surface area contributed by atoms with Crippen molar-refractivity contribution in [2.45, 2.75) is 20.4 Å². The average molecular weight is 376 g/mol. The van der Waals surface area contributed by atoms with Crippen LogP contribution in [-0.2, 0) is 6.54 Å². The number of aromatic amines is 1. The summed E-state index contributed by atoms with van der Waals surface area (Å²) in [6.45, 7) is 7.71. The van der Waals surface area contributed by atoms with Gasteiger partial charge in [-0.15, -0.1) is 0 Å². The molecule has 0 saturated carbocycles. The lowest BCUT2D eigenvalue weighted by molar-refractivity contribution is 0.0627. The van der Waals surface area contributed by atoms with Crippen molar-refractivity contribution in [3.8, 4) is 0 Å². The molecule has 0 atom stereocenters. The molecule has 0 spiro atoms. The molecule has 1 aromatic carbocycles. The van der Waals surface area contributed by atoms with Crippen molar-refractivity contribution in [2.75, 3.05) is 26.2 Å². The third-order valence-corrected chi connectivity index (χ3v) is 5.42. The van der Waals surface area contributed by atoms with Crippen molar-refractivity contribution < 1.29 is 4.79 Å². The van der Waals surface area contributed by atoms with E-state index in [2.05, 4.69) is 40.0 Å². The molecule has 3 heterocycles. The Morgan fingerprint density at radius 3 is 2.57 bits per heavy atom. The monoisotopic (exact) mass is 376 g/mol. The lowest BCUT2D eigenvalue weighted by Gasteiger charge is -2.35. The van der Waals surface area contributed by atoms with E-state index in [9.17, 15) is 9.59 Å². The molecule has 144 valence electrons. The van der Waals surface area contributed by atoms with Crippen LogP contribution >= 0.6 is 0 Å². The minimum absolute atomic E-state index is 0.186. The minimum Gasteiger partial charge on any atom is -0.345 e. The molecule has 0 unspecified atom stereocenters. The highest BCUT2D eigenvalue weighted by atomic mass is 16.2. The second-order valence-corrected chi connectivity index (χ2v) is 7.38. The Bertz CT molecular complexity index is 1080. The van der Waals surface area contributed by atoms with E-state index in [1.807, 2.05) is 13.0 Å². The molecular weight excluding hydrogens is 352 g/mol. The second kappa shape index (κ2) is 7.56. The first-order chi connectivity index (χ1) is 13.5. The van der Waals surface area contributed by atoms with Gasteiger partial charge in [-0.1, -0.05) is 24.3 Å². The zero-order valence-electron chi connectivity index (χ0n) is 16.2. The number of nitrogens with one attached hydrogen (secondary N) is 1. The minimum atomic E-state index is -0.256. The van der Waals surface area contributed by atoms with E-state index >= 15 is 0 Å². The molecule has 0 radical (unpaired) electrons. The van der Waals surface area contributed by atoms with Gasteiger partial charge in [0.05, 0.1) is 5.39 Å². The van der Waals surface area contributed by atoms with E-state index < -0.39 is 0 Å². The molecule has 1 aliphatic heterocycles. The molecule has 1 fully saturated rings. The first kappa shape index (κ1) is 18.4. The fourth-order valence-electron chi connectivity index (χ4n) is 3.67. The van der Waals surface area contributed by atoms with Crippen LogP contribution in [0.1, 0.15) is 27.2 Å². The molecule has 0 bridgehead atoms. The van der Waals surface area contributed by atoms with E-state index in [0.29, 0.717) is 24.1 Å². The molecule has 1 aliphatic rings. The molecule has 1 saturated heterocycles. The van der Waals surface area contributed by atoms with E-state index in [-0.39, 0.29) is 16.9 Å². The van der Waals surface area contributed by atoms with Crippen LogP contribution in [-0.4, -0.2) is 51.9 Å². The largest absolute Gasteiger partial charge is 0.345 e. The van der Waals surface area contributed by atoms with Gasteiger partial charge in [-0.2, -0.15) is 0 Å². The quantitative estimate of drug-likeness (QED) is 0.763. The second-order valence-electron chi connectivity index (χ2n) is 7.38. The topological polar surface area (TPSA) is 69.3 Å². The van der Waals surface area contributed by atoms with Crippen LogP contribution in [0.4, 0.5) is 0 Å². The Balaban J connectivity index is 1.46. The van der Waals surface area contributed by atoms with Gasteiger partial charge in [0.1, 0.15) is 11.2 Å². The predicted molar refractivity (Wildman–Crippen MR) is 109 cm³/mol. The maximum Gasteiger partial charge on any atom is 0.259 e. The van der Waals surface area contributed by atoms with Gasteiger partial charge in [0, 0.05) is 44.6 Å². The summed E-state index contributed by atoms with van der Waals surface area (Å²) in [6, 6.07) is 11.9. The number of rotatable bonds is 3. The van der Waals surface area contributed by atoms with Crippen LogP contribution in [0.2, 0.25) is 0 Å². The summed E-state index contributed by atoms with van der Waals surface area (Å²) in [5, 5.41) is 0.453. The predicted octanol–water partition coefficient (Wildman–Crippen LogP) is 2.50. The molecule has 2 aromatic heterocycles. The van der Waals surface area contributed by atoms with Gasteiger partial charge < -0.3 is 9.88 Å². The van der Waals surface area contributed by atoms with E-state index in [0.717, 1.165) is 25.3 Å². The van der Waals surface area contributed by atoms with Crippen molar-refractivity contribution >= 4 is 16.9 Å². The third kappa shape index (κ3) is 3.55. The molecule has 1 N–H and O–H groups in total. The molecule has 3 aromatic rings. The summed E-state index contributed by atoms with van der Waals surface area (Å²) >= 11 is 0. The number of fused-ring (bicyclic) bond motifs is 1. The number of carbonyl (C=O) groups is 1. The summed E-state index contributed by atoms with van der Waals surface area (Å²) < 4.78 is 0. The number of benzene rings is 1. The van der Waals surface area contributed by atoms with Crippen LogP contribution in [0.3, 0.4) is 0 Å². The van der Waals surface area contributed by atoms with Crippen molar-refractivity contribution in [3.63, 3.8) is 0 Å². The summed E-state index contributed by atoms with van der Waals surface area (Å²) in [6.07, 6.45) is 1.50. The number of carbonyl (C=O) groups excluding carboxylic acids is 1. The van der Waals surface area contributed by atoms with E-state index in [4.69, 9.17) is 0 Å². The normalized spacial score (nSPS) is 15.1. The maximum absolute atomic E-state index is 12.9. The number of hydrogen-bond donors (Lipinski definition) is 1. The molecular formula is C22H24N4O2. The van der Waals surface area contributed by atoms with Gasteiger partial charge in [0.25, 0.3) is 5.91 Å². The number of aryl methyl sites for hydroxylation is 2. The van der Waals surface area contributed by atoms with Gasteiger partial charge >= 0.3 is 0 Å². The van der Waals surface area contributed by atoms with Crippen LogP contribution < -0.4 is 5.43 Å². The van der Waals surface area contributed by atoms with Crippen LogP contribution in [0.15, 0.2) is 47.4 Å². The average Bonchev–Trinajstić information content (AvgIpc) is 2.70. The standard InChI is InChI=1S/C22H24N4O2/c1-15-5-3-4-6-17(15)14-25-9-11-26(12-10-25)22(28)19-13-23-21-18(20(19)27)8-7-16(2)24-21/h3-8,13H,9-12,14H2,1-2H3,(H,23,24,27). The lowest BCUT2D eigenvalue weighted by atomic mass is 10.1. The van der Waals surface area contributed by atoms with Crippen molar-refractivity contribution in [3.05, 3.63) is 75.2 Å². The van der Waals surface area contributed by atoms with Crippen molar-refractivity contribution in [1.82, 2.24) is 19.8 Å². The van der Waals surface area contributed by atoms with Crippen molar-refractivity contribution in [2.24, 2.45) is 0 Å². The number of nitrogens with zero attached hydrogens (tertiary/aromatic N) is 3. The van der Waals surface area contributed by atoms with Crippen LogP contribution in [0, 0.1) is 13.8 Å². The molecule has 4 rings (SSSR count). The summed E-state index contributed by atoms with van der Waals surface area (Å²) in [5.41, 5.74) is 3.87. The first-order valence-electron chi connectivity index (χ1n) is 9.58. The number of hydrogen-bond acceptors (Lipinski definition) is 4. The fraction of sp³-hybridized carbons (Fsp3) is 0.318. The first-order valence-corrected chi connectivity index (χ1v) is 9.58. The Hall–Kier alpha value is -2.99. The van der Waals surface area contributed by atoms with Gasteiger partial charge in [0.15, 0.2) is 0 Å². The van der Waals surface area contributed by atoms with Gasteiger partial charge in [-0.05, 0) is 37.1 Å². The number of aromatic nitrogens is 2. The summed E-state index contributed by atoms with van der Waals surface area (Å²) in [7, 11) is 0. The highest BCUT2D eigenvalue weighted by molar-refractivity contribution is 5.96. The molecule has 6 nitrogen and oxygen atoms in total. The molecule has 6 heteroatoms. The fourth-order valence-corrected chi connectivity index (χ4v) is 3.67. The smallest absolute Gasteiger partial charge is 0.259 e. The number of piperazine rings is 1. The summed E-state index contributed by atoms with van der Waals surface area (Å²) in [5.74, 6) is -0.209. The number of H-pyrrole nitrogens is 1. The van der Waals surface area contributed by atoms with Gasteiger partial charge in [-0.3, -0.25) is 14.5 Å². The van der Waals surface area contributed by atoms with Crippen LogP contribution in [0.25, 0.3) is 11.0 Å². The Labute approximate surface area is 163 Å². The van der Waals surface area contributed by atoms with Crippen LogP contribution in [0.5, 0.6) is 0 Å². The van der Waals surface area contributed by atoms with Gasteiger partial charge in [-0.25, -0.2) is 4.98 Å². The van der Waals surface area contributed by atoms with E-state index in [1.54, 1.807) is 17.0 Å². The van der Waals surface area contributed by atoms with E-state index in [1.165, 1.54) is 17.3 Å². The molecule has 28 heavy (non-hydrogen) atoms. The summed E-state index contributed by atoms with van der Waals surface area (Å²) in [4.78, 5) is 37.1. The van der Waals surface area contributed by atoms with Gasteiger partial charge in [0.2, 0.25) is 5.43 Å². The SMILES string of the molecule is Cc1ccc2c(=O)c(C(=O)N3CCN(Cc4ccccc4C)CC3)c[nH]c2n1. The number of pyridine rings is 2. The molecule has 0 aliphatic carbocycles. The zero-order chi connectivity index (χ0) is 19.7. The van der Waals surface area contributed by atoms with Crippen molar-refractivity contribution in [1.29, 1.82) is 0 Å². The Kier molecular flexibility index (Phi) is 4.96. The highest BCUT2D eigenvalue weighted by Crippen LogP contribution is 2.14. The maximum atomic E-state index is 12.9. The number of amides is 1. The Morgan fingerprint density at radius 1 is 1.07 bits per heavy atom. The Morgan fingerprint density at radius 2 is 1.82 bits per heavy atom. The zero-order valence-corrected chi connectivity index (χ0v) is 16.2. The third-order valence-electron chi connectivity index (χ3n) is 5.42. The lowest BCUT2D eigenvalue weighted by Crippen LogP contribution is -2.49. The molecule has 1 amide bonds.